The second-order valence-corrected chi connectivity index (χ2v) is 11.6. The third kappa shape index (κ3) is 2.76. The predicted octanol–water partition coefficient (Wildman–Crippen LogP) is 6.62. The van der Waals surface area contributed by atoms with Gasteiger partial charge >= 0.3 is 169 Å². The zero-order valence-corrected chi connectivity index (χ0v) is 18.1. The molecule has 0 bridgehead atoms. The van der Waals surface area contributed by atoms with Crippen molar-refractivity contribution in [1.82, 2.24) is 0 Å². The Kier molecular flexibility index (Phi) is 4.25. The molecule has 5 rings (SSSR count). The molecule has 0 saturated heterocycles. The summed E-state index contributed by atoms with van der Waals surface area (Å²) in [5.41, 5.74) is 12.5. The molecule has 2 aromatic carbocycles. The normalized spacial score (nSPS) is 20.4. The minimum atomic E-state index is -0.624. The average molecular weight is 416 g/mol. The molecule has 0 amide bonds. The fourth-order valence-electron chi connectivity index (χ4n) is 4.81. The van der Waals surface area contributed by atoms with Crippen molar-refractivity contribution in [3.8, 4) is 11.1 Å². The molecule has 0 radical (unpaired) electrons. The van der Waals surface area contributed by atoms with Crippen LogP contribution in [0.1, 0.15) is 52.6 Å². The topological polar surface area (TPSA) is 0 Å². The number of fused-ring (bicyclic) bond motifs is 2. The van der Waals surface area contributed by atoms with Gasteiger partial charge in [0.25, 0.3) is 0 Å². The van der Waals surface area contributed by atoms with Crippen LogP contribution in [-0.2, 0) is 36.1 Å². The van der Waals surface area contributed by atoms with E-state index in [2.05, 4.69) is 68.5 Å². The molecule has 2 aromatic rings. The summed E-state index contributed by atoms with van der Waals surface area (Å²) >= 11 is -0.624. The van der Waals surface area contributed by atoms with Crippen molar-refractivity contribution in [3.63, 3.8) is 0 Å². The molecule has 0 fully saturated rings. The summed E-state index contributed by atoms with van der Waals surface area (Å²) in [6.45, 7) is 4.62. The molecule has 0 heterocycles. The van der Waals surface area contributed by atoms with Gasteiger partial charge in [-0.3, -0.25) is 0 Å². The molecule has 0 N–H and O–H groups in total. The first-order valence-corrected chi connectivity index (χ1v) is 12.4. The Balaban J connectivity index is 1.64. The van der Waals surface area contributed by atoms with E-state index in [1.807, 2.05) is 0 Å². The molecular formula is C25H24Zr. The van der Waals surface area contributed by atoms with Crippen LogP contribution in [0, 0.1) is 0 Å². The Morgan fingerprint density at radius 2 is 1.85 bits per heavy atom. The van der Waals surface area contributed by atoms with Gasteiger partial charge in [0.05, 0.1) is 0 Å². The number of allylic oxidation sites excluding steroid dienone is 5. The monoisotopic (exact) mass is 414 g/mol. The van der Waals surface area contributed by atoms with Crippen LogP contribution in [0.2, 0.25) is 0 Å². The summed E-state index contributed by atoms with van der Waals surface area (Å²) in [7, 11) is 0. The van der Waals surface area contributed by atoms with Gasteiger partial charge < -0.3 is 0 Å². The van der Waals surface area contributed by atoms with E-state index in [9.17, 15) is 0 Å². The van der Waals surface area contributed by atoms with E-state index >= 15 is 0 Å². The van der Waals surface area contributed by atoms with Crippen LogP contribution in [-0.4, -0.2) is 0 Å². The molecule has 0 saturated carbocycles. The summed E-state index contributed by atoms with van der Waals surface area (Å²) < 4.78 is 2.49. The van der Waals surface area contributed by atoms with E-state index in [0.29, 0.717) is 0 Å². The van der Waals surface area contributed by atoms with Gasteiger partial charge in [-0.1, -0.05) is 0 Å². The van der Waals surface area contributed by atoms with Gasteiger partial charge in [0.15, 0.2) is 0 Å². The third-order valence-corrected chi connectivity index (χ3v) is 10.4. The van der Waals surface area contributed by atoms with Crippen molar-refractivity contribution in [2.24, 2.45) is 0 Å². The van der Waals surface area contributed by atoms with Gasteiger partial charge in [0.1, 0.15) is 0 Å². The quantitative estimate of drug-likeness (QED) is 0.528. The summed E-state index contributed by atoms with van der Waals surface area (Å²) in [5.74, 6) is 0. The summed E-state index contributed by atoms with van der Waals surface area (Å²) in [6.07, 6.45) is 12.5. The Hall–Kier alpha value is -1.46. The van der Waals surface area contributed by atoms with Crippen LogP contribution in [0.3, 0.4) is 0 Å². The Morgan fingerprint density at radius 1 is 1.00 bits per heavy atom. The van der Waals surface area contributed by atoms with E-state index in [0.717, 1.165) is 3.63 Å². The van der Waals surface area contributed by atoms with Gasteiger partial charge in [0, 0.05) is 0 Å². The predicted molar refractivity (Wildman–Crippen MR) is 107 cm³/mol. The fourth-order valence-corrected chi connectivity index (χ4v) is 8.76. The first kappa shape index (κ1) is 16.7. The van der Waals surface area contributed by atoms with Crippen molar-refractivity contribution < 1.29 is 23.2 Å². The summed E-state index contributed by atoms with van der Waals surface area (Å²) in [6, 6.07) is 13.7. The standard InChI is InChI=1S/C19H17.C6H7.Zr/c1-13-10-16-12-15-8-5-9-17(15)19(18(16)11-13)14-6-3-2-4-7-14;1-6-4-2-3-5-6;/h2-4,6-7,10-12H,5,8-9H2,1H3;4-5H,2H2,1H3;. The molecular weight excluding hydrogens is 391 g/mol. The van der Waals surface area contributed by atoms with Gasteiger partial charge in [-0.25, -0.2) is 0 Å². The van der Waals surface area contributed by atoms with Crippen molar-refractivity contribution in [2.75, 3.05) is 0 Å². The molecule has 1 atom stereocenters. The summed E-state index contributed by atoms with van der Waals surface area (Å²) in [4.78, 5) is 0. The minimum absolute atomic E-state index is 0.624. The van der Waals surface area contributed by atoms with Crippen LogP contribution < -0.4 is 0 Å². The second-order valence-electron chi connectivity index (χ2n) is 7.90. The van der Waals surface area contributed by atoms with E-state index in [4.69, 9.17) is 0 Å². The van der Waals surface area contributed by atoms with Crippen LogP contribution in [0.15, 0.2) is 63.0 Å². The zero-order chi connectivity index (χ0) is 17.7. The average Bonchev–Trinajstić information content (AvgIpc) is 3.34. The number of aryl methyl sites for hydroxylation is 1. The first-order chi connectivity index (χ1) is 12.7. The third-order valence-electron chi connectivity index (χ3n) is 6.05. The van der Waals surface area contributed by atoms with Crippen molar-refractivity contribution in [2.45, 2.75) is 43.2 Å². The number of hydrogen-bond acceptors (Lipinski definition) is 0. The molecule has 0 aromatic heterocycles. The van der Waals surface area contributed by atoms with Gasteiger partial charge in [-0.2, -0.15) is 0 Å². The van der Waals surface area contributed by atoms with Crippen LogP contribution in [0.5, 0.6) is 0 Å². The maximum absolute atomic E-state index is 2.60. The molecule has 1 heteroatoms. The van der Waals surface area contributed by atoms with Crippen molar-refractivity contribution in [1.29, 1.82) is 0 Å². The molecule has 1 unspecified atom stereocenters. The fraction of sp³-hybridized carbons (Fsp3) is 0.280. The van der Waals surface area contributed by atoms with Crippen molar-refractivity contribution >= 4 is 6.08 Å². The first-order valence-electron chi connectivity index (χ1n) is 9.77. The summed E-state index contributed by atoms with van der Waals surface area (Å²) in [5, 5.41) is 0. The van der Waals surface area contributed by atoms with Crippen LogP contribution in [0.25, 0.3) is 17.2 Å². The SMILES string of the molecule is CC1=CC[C]([Zr][CH]2C(C)=Cc3c2cc2c(c3-c3ccccc3)CCC2)=C1. The molecule has 26 heavy (non-hydrogen) atoms. The number of rotatable bonds is 3. The molecule has 0 spiro atoms. The van der Waals surface area contributed by atoms with Gasteiger partial charge in [0.2, 0.25) is 0 Å². The molecule has 0 nitrogen and oxygen atoms in total. The molecule has 0 aliphatic heterocycles. The van der Waals surface area contributed by atoms with Gasteiger partial charge in [-0.15, -0.1) is 0 Å². The second kappa shape index (κ2) is 6.61. The van der Waals surface area contributed by atoms with E-state index < -0.39 is 23.2 Å². The molecule has 3 aliphatic rings. The van der Waals surface area contributed by atoms with Crippen LogP contribution in [0.4, 0.5) is 0 Å². The number of hydrogen-bond donors (Lipinski definition) is 0. The Morgan fingerprint density at radius 3 is 2.62 bits per heavy atom. The van der Waals surface area contributed by atoms with E-state index in [1.165, 1.54) is 36.8 Å². The molecule has 128 valence electrons. The van der Waals surface area contributed by atoms with E-state index in [1.54, 1.807) is 36.7 Å². The van der Waals surface area contributed by atoms with Gasteiger partial charge in [-0.05, 0) is 0 Å². The Labute approximate surface area is 168 Å². The molecule has 3 aliphatic carbocycles. The zero-order valence-electron chi connectivity index (χ0n) is 15.6. The van der Waals surface area contributed by atoms with Crippen molar-refractivity contribution in [3.05, 3.63) is 85.2 Å². The van der Waals surface area contributed by atoms with Crippen LogP contribution >= 0.6 is 0 Å². The maximum atomic E-state index is 2.60. The Bertz CT molecular complexity index is 973. The number of benzene rings is 2. The van der Waals surface area contributed by atoms with E-state index in [-0.39, 0.29) is 0 Å².